The standard InChI is InChI=1S/C17H17ClFNOS/c1-12-5-7-13(8-6-12)17(21)20-9-10-22-11-14-15(18)3-2-4-16(14)19/h2-8H,9-11H2,1H3,(H,20,21). The van der Waals surface area contributed by atoms with Crippen LogP contribution in [0, 0.1) is 12.7 Å². The van der Waals surface area contributed by atoms with Crippen molar-refractivity contribution in [2.75, 3.05) is 12.3 Å². The molecule has 2 rings (SSSR count). The third-order valence-electron chi connectivity index (χ3n) is 3.15. The van der Waals surface area contributed by atoms with Crippen molar-refractivity contribution >= 4 is 29.3 Å². The molecule has 2 aromatic carbocycles. The predicted octanol–water partition coefficient (Wildman–Crippen LogP) is 4.45. The van der Waals surface area contributed by atoms with Crippen molar-refractivity contribution in [1.82, 2.24) is 5.32 Å². The van der Waals surface area contributed by atoms with Crippen LogP contribution in [0.5, 0.6) is 0 Å². The van der Waals surface area contributed by atoms with Gasteiger partial charge in [0.15, 0.2) is 0 Å². The van der Waals surface area contributed by atoms with E-state index in [1.165, 1.54) is 17.8 Å². The molecule has 1 amide bonds. The predicted molar refractivity (Wildman–Crippen MR) is 91.1 cm³/mol. The average molecular weight is 338 g/mol. The van der Waals surface area contributed by atoms with Crippen LogP contribution < -0.4 is 5.32 Å². The van der Waals surface area contributed by atoms with Gasteiger partial charge < -0.3 is 5.32 Å². The summed E-state index contributed by atoms with van der Waals surface area (Å²) in [5.41, 5.74) is 2.28. The molecule has 0 aliphatic heterocycles. The minimum atomic E-state index is -0.288. The van der Waals surface area contributed by atoms with Gasteiger partial charge in [0.05, 0.1) is 0 Å². The molecule has 0 atom stereocenters. The lowest BCUT2D eigenvalue weighted by Gasteiger charge is -2.07. The molecule has 0 bridgehead atoms. The second-order valence-corrected chi connectivity index (χ2v) is 6.39. The highest BCUT2D eigenvalue weighted by molar-refractivity contribution is 7.98. The molecule has 0 spiro atoms. The number of carbonyl (C=O) groups is 1. The van der Waals surface area contributed by atoms with Crippen LogP contribution >= 0.6 is 23.4 Å². The maximum Gasteiger partial charge on any atom is 0.251 e. The van der Waals surface area contributed by atoms with Gasteiger partial charge in [-0.25, -0.2) is 4.39 Å². The minimum Gasteiger partial charge on any atom is -0.351 e. The Morgan fingerprint density at radius 3 is 2.64 bits per heavy atom. The van der Waals surface area contributed by atoms with Crippen molar-refractivity contribution in [3.05, 3.63) is 70.0 Å². The van der Waals surface area contributed by atoms with Gasteiger partial charge in [-0.3, -0.25) is 4.79 Å². The second-order valence-electron chi connectivity index (χ2n) is 4.87. The van der Waals surface area contributed by atoms with E-state index in [-0.39, 0.29) is 11.7 Å². The SMILES string of the molecule is Cc1ccc(C(=O)NCCSCc2c(F)cccc2Cl)cc1. The number of nitrogens with one attached hydrogen (secondary N) is 1. The maximum absolute atomic E-state index is 13.6. The number of rotatable bonds is 6. The first kappa shape index (κ1) is 16.8. The van der Waals surface area contributed by atoms with E-state index in [1.54, 1.807) is 24.3 Å². The van der Waals surface area contributed by atoms with Gasteiger partial charge in [-0.2, -0.15) is 11.8 Å². The molecule has 0 aromatic heterocycles. The lowest BCUT2D eigenvalue weighted by Crippen LogP contribution is -2.25. The zero-order chi connectivity index (χ0) is 15.9. The van der Waals surface area contributed by atoms with Gasteiger partial charge in [-0.15, -0.1) is 0 Å². The first-order chi connectivity index (χ1) is 10.6. The van der Waals surface area contributed by atoms with Gasteiger partial charge in [0.1, 0.15) is 5.82 Å². The zero-order valence-electron chi connectivity index (χ0n) is 12.2. The summed E-state index contributed by atoms with van der Waals surface area (Å²) >= 11 is 7.50. The molecule has 22 heavy (non-hydrogen) atoms. The molecule has 0 heterocycles. The monoisotopic (exact) mass is 337 g/mol. The van der Waals surface area contributed by atoms with E-state index in [0.29, 0.717) is 34.2 Å². The normalized spacial score (nSPS) is 10.5. The summed E-state index contributed by atoms with van der Waals surface area (Å²) in [4.78, 5) is 11.9. The molecular weight excluding hydrogens is 321 g/mol. The molecule has 0 unspecified atom stereocenters. The largest absolute Gasteiger partial charge is 0.351 e. The number of carbonyl (C=O) groups excluding carboxylic acids is 1. The van der Waals surface area contributed by atoms with E-state index in [1.807, 2.05) is 19.1 Å². The van der Waals surface area contributed by atoms with Crippen molar-refractivity contribution in [2.24, 2.45) is 0 Å². The molecule has 116 valence electrons. The summed E-state index contributed by atoms with van der Waals surface area (Å²) in [6.07, 6.45) is 0. The number of halogens is 2. The molecule has 5 heteroatoms. The van der Waals surface area contributed by atoms with E-state index in [4.69, 9.17) is 11.6 Å². The number of hydrogen-bond acceptors (Lipinski definition) is 2. The van der Waals surface area contributed by atoms with Crippen molar-refractivity contribution in [3.8, 4) is 0 Å². The Hall–Kier alpha value is -1.52. The van der Waals surface area contributed by atoms with Crippen molar-refractivity contribution in [1.29, 1.82) is 0 Å². The Morgan fingerprint density at radius 2 is 1.95 bits per heavy atom. The van der Waals surface area contributed by atoms with E-state index >= 15 is 0 Å². The first-order valence-corrected chi connectivity index (χ1v) is 8.46. The summed E-state index contributed by atoms with van der Waals surface area (Å²) in [6.45, 7) is 2.51. The van der Waals surface area contributed by atoms with Gasteiger partial charge >= 0.3 is 0 Å². The Morgan fingerprint density at radius 1 is 1.23 bits per heavy atom. The van der Waals surface area contributed by atoms with Gasteiger partial charge in [0.2, 0.25) is 0 Å². The Kier molecular flexibility index (Phi) is 6.28. The highest BCUT2D eigenvalue weighted by Crippen LogP contribution is 2.23. The molecule has 0 fully saturated rings. The molecule has 0 saturated carbocycles. The minimum absolute atomic E-state index is 0.0930. The van der Waals surface area contributed by atoms with Crippen molar-refractivity contribution in [3.63, 3.8) is 0 Å². The number of hydrogen-bond donors (Lipinski definition) is 1. The maximum atomic E-state index is 13.6. The van der Waals surface area contributed by atoms with Crippen LogP contribution in [-0.4, -0.2) is 18.2 Å². The third-order valence-corrected chi connectivity index (χ3v) is 4.49. The van der Waals surface area contributed by atoms with Crippen LogP contribution in [0.1, 0.15) is 21.5 Å². The summed E-state index contributed by atoms with van der Waals surface area (Å²) in [5.74, 6) is 0.807. The van der Waals surface area contributed by atoms with E-state index in [2.05, 4.69) is 5.32 Å². The molecule has 0 radical (unpaired) electrons. The second kappa shape index (κ2) is 8.20. The van der Waals surface area contributed by atoms with Gasteiger partial charge in [-0.1, -0.05) is 35.4 Å². The first-order valence-electron chi connectivity index (χ1n) is 6.93. The van der Waals surface area contributed by atoms with Crippen LogP contribution in [0.15, 0.2) is 42.5 Å². The van der Waals surface area contributed by atoms with E-state index < -0.39 is 0 Å². The quantitative estimate of drug-likeness (QED) is 0.789. The van der Waals surface area contributed by atoms with Crippen LogP contribution in [0.25, 0.3) is 0 Å². The molecule has 0 aliphatic carbocycles. The zero-order valence-corrected chi connectivity index (χ0v) is 13.8. The fraction of sp³-hybridized carbons (Fsp3) is 0.235. The van der Waals surface area contributed by atoms with E-state index in [9.17, 15) is 9.18 Å². The summed E-state index contributed by atoms with van der Waals surface area (Å²) in [7, 11) is 0. The lowest BCUT2D eigenvalue weighted by molar-refractivity contribution is 0.0956. The Balaban J connectivity index is 1.73. The average Bonchev–Trinajstić information content (AvgIpc) is 2.50. The highest BCUT2D eigenvalue weighted by atomic mass is 35.5. The Labute approximate surface area is 139 Å². The fourth-order valence-electron chi connectivity index (χ4n) is 1.89. The van der Waals surface area contributed by atoms with Gasteiger partial charge in [0.25, 0.3) is 5.91 Å². The molecular formula is C17H17ClFNOS. The summed E-state index contributed by atoms with van der Waals surface area (Å²) < 4.78 is 13.6. The molecule has 0 saturated heterocycles. The molecule has 1 N–H and O–H groups in total. The highest BCUT2D eigenvalue weighted by Gasteiger charge is 2.07. The molecule has 0 aliphatic rings. The van der Waals surface area contributed by atoms with Crippen molar-refractivity contribution in [2.45, 2.75) is 12.7 Å². The smallest absolute Gasteiger partial charge is 0.251 e. The van der Waals surface area contributed by atoms with Crippen molar-refractivity contribution < 1.29 is 9.18 Å². The van der Waals surface area contributed by atoms with E-state index in [0.717, 1.165) is 5.56 Å². The Bertz CT molecular complexity index is 625. The fourth-order valence-corrected chi connectivity index (χ4v) is 3.09. The summed E-state index contributed by atoms with van der Waals surface area (Å²) in [5, 5.41) is 3.29. The van der Waals surface area contributed by atoms with Gasteiger partial charge in [-0.05, 0) is 31.2 Å². The lowest BCUT2D eigenvalue weighted by atomic mass is 10.1. The number of amides is 1. The third kappa shape index (κ3) is 4.75. The van der Waals surface area contributed by atoms with Crippen LogP contribution in [0.2, 0.25) is 5.02 Å². The summed E-state index contributed by atoms with van der Waals surface area (Å²) in [6, 6.07) is 12.1. The van der Waals surface area contributed by atoms with Crippen LogP contribution in [0.4, 0.5) is 4.39 Å². The number of benzene rings is 2. The number of thioether (sulfide) groups is 1. The molecule has 2 aromatic rings. The topological polar surface area (TPSA) is 29.1 Å². The van der Waals surface area contributed by atoms with Gasteiger partial charge in [0, 0.05) is 34.2 Å². The molecule has 2 nitrogen and oxygen atoms in total. The number of aryl methyl sites for hydroxylation is 1. The van der Waals surface area contributed by atoms with Crippen LogP contribution in [0.3, 0.4) is 0 Å². The van der Waals surface area contributed by atoms with Crippen LogP contribution in [-0.2, 0) is 5.75 Å².